The molecule has 2 aromatic heterocycles. The zero-order valence-corrected chi connectivity index (χ0v) is 9.33. The van der Waals surface area contributed by atoms with Crippen LogP contribution in [-0.4, -0.2) is 32.7 Å². The number of rotatable bonds is 5. The third-order valence-electron chi connectivity index (χ3n) is 2.22. The average molecular weight is 249 g/mol. The van der Waals surface area contributed by atoms with E-state index in [9.17, 15) is 4.79 Å². The lowest BCUT2D eigenvalue weighted by molar-refractivity contribution is 0.0698. The van der Waals surface area contributed by atoms with Crippen LogP contribution in [0.15, 0.2) is 23.1 Å². The van der Waals surface area contributed by atoms with Crippen molar-refractivity contribution in [1.82, 2.24) is 15.1 Å². The summed E-state index contributed by atoms with van der Waals surface area (Å²) in [5.41, 5.74) is 5.64. The van der Waals surface area contributed by atoms with Gasteiger partial charge in [-0.2, -0.15) is 4.98 Å². The smallest absolute Gasteiger partial charge is 0.337 e. The van der Waals surface area contributed by atoms with Crippen LogP contribution in [-0.2, 0) is 6.42 Å². The Kier molecular flexibility index (Phi) is 3.37. The first-order chi connectivity index (χ1) is 8.66. The first-order valence-electron chi connectivity index (χ1n) is 5.15. The number of pyridine rings is 1. The zero-order chi connectivity index (χ0) is 13.0. The molecule has 0 saturated carbocycles. The molecule has 0 aliphatic heterocycles. The van der Waals surface area contributed by atoms with Gasteiger partial charge in [0.05, 0.1) is 17.4 Å². The number of anilines is 2. The van der Waals surface area contributed by atoms with Crippen molar-refractivity contribution in [2.45, 2.75) is 6.42 Å². The number of aromatic nitrogens is 3. The Morgan fingerprint density at radius 2 is 2.33 bits per heavy atom. The van der Waals surface area contributed by atoms with Crippen LogP contribution in [0.1, 0.15) is 16.2 Å². The monoisotopic (exact) mass is 249 g/mol. The van der Waals surface area contributed by atoms with Crippen LogP contribution in [0.4, 0.5) is 11.5 Å². The minimum absolute atomic E-state index is 0.0188. The number of carboxylic acids is 1. The van der Waals surface area contributed by atoms with E-state index < -0.39 is 5.97 Å². The summed E-state index contributed by atoms with van der Waals surface area (Å²) < 4.78 is 4.82. The maximum absolute atomic E-state index is 10.9. The average Bonchev–Trinajstić information content (AvgIpc) is 2.84. The van der Waals surface area contributed by atoms with Gasteiger partial charge in [-0.3, -0.25) is 0 Å². The molecule has 4 N–H and O–H groups in total. The molecule has 8 nitrogen and oxygen atoms in total. The minimum atomic E-state index is -1.09. The molecule has 2 rings (SSSR count). The van der Waals surface area contributed by atoms with Gasteiger partial charge in [0, 0.05) is 13.0 Å². The number of hydrogen-bond donors (Lipinski definition) is 3. The van der Waals surface area contributed by atoms with Crippen molar-refractivity contribution >= 4 is 17.5 Å². The molecule has 0 unspecified atom stereocenters. The summed E-state index contributed by atoms with van der Waals surface area (Å²) in [6, 6.07) is 1.38. The van der Waals surface area contributed by atoms with E-state index in [0.29, 0.717) is 24.7 Å². The van der Waals surface area contributed by atoms with Crippen molar-refractivity contribution < 1.29 is 14.4 Å². The Morgan fingerprint density at radius 1 is 1.50 bits per heavy atom. The highest BCUT2D eigenvalue weighted by Gasteiger charge is 2.09. The summed E-state index contributed by atoms with van der Waals surface area (Å²) in [6.07, 6.45) is 3.15. The molecule has 0 atom stereocenters. The topological polar surface area (TPSA) is 127 Å². The molecule has 94 valence electrons. The molecule has 8 heteroatoms. The molecule has 0 aliphatic carbocycles. The number of nitrogen functional groups attached to an aromatic ring is 1. The Morgan fingerprint density at radius 3 is 3.00 bits per heavy atom. The van der Waals surface area contributed by atoms with Crippen LogP contribution in [0, 0.1) is 0 Å². The van der Waals surface area contributed by atoms with Gasteiger partial charge in [-0.1, -0.05) is 5.16 Å². The Labute approximate surface area is 102 Å². The molecule has 2 aromatic rings. The van der Waals surface area contributed by atoms with E-state index in [1.807, 2.05) is 0 Å². The predicted octanol–water partition coefficient (Wildman–Crippen LogP) is 0.400. The van der Waals surface area contributed by atoms with Crippen molar-refractivity contribution in [3.8, 4) is 0 Å². The van der Waals surface area contributed by atoms with Crippen LogP contribution in [0.25, 0.3) is 0 Å². The maximum atomic E-state index is 10.9. The van der Waals surface area contributed by atoms with Crippen LogP contribution in [0.5, 0.6) is 0 Å². The van der Waals surface area contributed by atoms with Crippen LogP contribution >= 0.6 is 0 Å². The number of nitrogens with two attached hydrogens (primary N) is 1. The second kappa shape index (κ2) is 5.13. The Bertz CT molecular complexity index is 540. The van der Waals surface area contributed by atoms with Crippen molar-refractivity contribution in [1.29, 1.82) is 0 Å². The first kappa shape index (κ1) is 11.8. The Hall–Kier alpha value is -2.64. The van der Waals surface area contributed by atoms with Gasteiger partial charge < -0.3 is 20.7 Å². The number of nitrogens with zero attached hydrogens (tertiary/aromatic N) is 3. The lowest BCUT2D eigenvalue weighted by atomic mass is 10.2. The van der Waals surface area contributed by atoms with Gasteiger partial charge in [-0.25, -0.2) is 9.78 Å². The van der Waals surface area contributed by atoms with Gasteiger partial charge in [0.1, 0.15) is 5.82 Å². The fourth-order valence-corrected chi connectivity index (χ4v) is 1.35. The van der Waals surface area contributed by atoms with E-state index in [1.165, 1.54) is 18.6 Å². The molecule has 0 radical (unpaired) electrons. The molecular formula is C10H11N5O3. The molecule has 0 aromatic carbocycles. The molecule has 0 spiro atoms. The summed E-state index contributed by atoms with van der Waals surface area (Å²) in [4.78, 5) is 18.7. The van der Waals surface area contributed by atoms with Gasteiger partial charge >= 0.3 is 5.97 Å². The fourth-order valence-electron chi connectivity index (χ4n) is 1.35. The SMILES string of the molecule is Nc1cnc(NCCc2ncno2)cc1C(=O)O. The minimum Gasteiger partial charge on any atom is -0.478 e. The summed E-state index contributed by atoms with van der Waals surface area (Å²) in [5, 5.41) is 15.3. The van der Waals surface area contributed by atoms with Gasteiger partial charge in [0.15, 0.2) is 6.33 Å². The highest BCUT2D eigenvalue weighted by molar-refractivity contribution is 5.94. The molecule has 0 bridgehead atoms. The van der Waals surface area contributed by atoms with Crippen molar-refractivity contribution in [2.75, 3.05) is 17.6 Å². The number of carbonyl (C=O) groups is 1. The normalized spacial score (nSPS) is 10.2. The molecule has 0 aliphatic rings. The summed E-state index contributed by atoms with van der Waals surface area (Å²) in [6.45, 7) is 0.498. The fraction of sp³-hybridized carbons (Fsp3) is 0.200. The molecular weight excluding hydrogens is 238 g/mol. The third kappa shape index (κ3) is 2.73. The molecule has 0 fully saturated rings. The van der Waals surface area contributed by atoms with E-state index in [0.717, 1.165) is 0 Å². The second-order valence-electron chi connectivity index (χ2n) is 3.47. The lowest BCUT2D eigenvalue weighted by Crippen LogP contribution is -2.09. The van der Waals surface area contributed by atoms with Crippen LogP contribution < -0.4 is 11.1 Å². The molecule has 18 heavy (non-hydrogen) atoms. The van der Waals surface area contributed by atoms with E-state index in [1.54, 1.807) is 0 Å². The summed E-state index contributed by atoms with van der Waals surface area (Å²) in [7, 11) is 0. The maximum Gasteiger partial charge on any atom is 0.337 e. The van der Waals surface area contributed by atoms with Crippen molar-refractivity contribution in [3.63, 3.8) is 0 Å². The van der Waals surface area contributed by atoms with E-state index in [2.05, 4.69) is 20.4 Å². The van der Waals surface area contributed by atoms with E-state index in [-0.39, 0.29) is 11.3 Å². The number of nitrogens with one attached hydrogen (secondary N) is 1. The van der Waals surface area contributed by atoms with Gasteiger partial charge in [0.25, 0.3) is 0 Å². The first-order valence-corrected chi connectivity index (χ1v) is 5.15. The van der Waals surface area contributed by atoms with Gasteiger partial charge in [0.2, 0.25) is 5.89 Å². The predicted molar refractivity (Wildman–Crippen MR) is 62.1 cm³/mol. The number of aromatic carboxylic acids is 1. The largest absolute Gasteiger partial charge is 0.478 e. The third-order valence-corrected chi connectivity index (χ3v) is 2.22. The number of carboxylic acid groups (broad SMARTS) is 1. The quantitative estimate of drug-likeness (QED) is 0.694. The second-order valence-corrected chi connectivity index (χ2v) is 3.47. The van der Waals surface area contributed by atoms with Crippen LogP contribution in [0.3, 0.4) is 0 Å². The molecule has 2 heterocycles. The highest BCUT2D eigenvalue weighted by atomic mass is 16.5. The summed E-state index contributed by atoms with van der Waals surface area (Å²) in [5.74, 6) is -0.160. The molecule has 0 saturated heterocycles. The van der Waals surface area contributed by atoms with Crippen molar-refractivity contribution in [2.24, 2.45) is 0 Å². The van der Waals surface area contributed by atoms with Gasteiger partial charge in [-0.05, 0) is 6.07 Å². The van der Waals surface area contributed by atoms with Crippen molar-refractivity contribution in [3.05, 3.63) is 30.0 Å². The van der Waals surface area contributed by atoms with Crippen LogP contribution in [0.2, 0.25) is 0 Å². The highest BCUT2D eigenvalue weighted by Crippen LogP contribution is 2.14. The van der Waals surface area contributed by atoms with E-state index >= 15 is 0 Å². The Balaban J connectivity index is 1.97. The standard InChI is InChI=1S/C10H11N5O3/c11-7-4-13-8(3-6(7)10(16)17)12-2-1-9-14-5-15-18-9/h3-5H,1-2,11H2,(H,12,13)(H,16,17). The van der Waals surface area contributed by atoms with E-state index in [4.69, 9.17) is 15.4 Å². The van der Waals surface area contributed by atoms with Gasteiger partial charge in [-0.15, -0.1) is 0 Å². The molecule has 0 amide bonds. The number of hydrogen-bond acceptors (Lipinski definition) is 7. The summed E-state index contributed by atoms with van der Waals surface area (Å²) >= 11 is 0. The zero-order valence-electron chi connectivity index (χ0n) is 9.33. The lowest BCUT2D eigenvalue weighted by Gasteiger charge is -2.06.